The molecule has 138 valence electrons. The van der Waals surface area contributed by atoms with E-state index >= 15 is 0 Å². The summed E-state index contributed by atoms with van der Waals surface area (Å²) in [6.07, 6.45) is 1.81. The number of halogens is 1. The Bertz CT molecular complexity index is 984. The maximum atomic E-state index is 12.0. The van der Waals surface area contributed by atoms with Crippen LogP contribution in [0.15, 0.2) is 29.4 Å². The maximum absolute atomic E-state index is 12.0. The molecule has 1 saturated heterocycles. The number of amides is 1. The van der Waals surface area contributed by atoms with Crippen molar-refractivity contribution in [2.75, 3.05) is 11.5 Å². The lowest BCUT2D eigenvalue weighted by molar-refractivity contribution is 0.0952. The van der Waals surface area contributed by atoms with Crippen molar-refractivity contribution in [3.63, 3.8) is 0 Å². The first-order valence-corrected chi connectivity index (χ1v) is 10.0. The van der Waals surface area contributed by atoms with Gasteiger partial charge < -0.3 is 5.11 Å². The van der Waals surface area contributed by atoms with Crippen LogP contribution >= 0.6 is 11.6 Å². The molecule has 0 bridgehead atoms. The molecule has 0 saturated carbocycles. The molecule has 1 atom stereocenters. The molecule has 1 aliphatic rings. The van der Waals surface area contributed by atoms with E-state index in [9.17, 15) is 18.3 Å². The van der Waals surface area contributed by atoms with Gasteiger partial charge in [-0.1, -0.05) is 23.7 Å². The molecule has 3 rings (SSSR count). The third kappa shape index (κ3) is 3.73. The molecule has 1 fully saturated rings. The quantitative estimate of drug-likeness (QED) is 0.602. The highest BCUT2D eigenvalue weighted by Gasteiger charge is 2.31. The summed E-state index contributed by atoms with van der Waals surface area (Å²) in [7, 11) is -3.06. The molecule has 10 heteroatoms. The molecular formula is C16H17ClN4O4S. The van der Waals surface area contributed by atoms with E-state index in [4.69, 9.17) is 11.6 Å². The standard InChI is InChI=1S/C16H17ClN4O4S/c1-10-13(8-18-19-16(23)12-4-2-3-5-14(12)22)15(17)21(20-10)11-6-7-26(24,25)9-11/h2-5,8,11,22H,6-7,9H2,1H3,(H,19,23)/b18-8-/t11-/m1/s1. The zero-order valence-corrected chi connectivity index (χ0v) is 15.5. The number of benzene rings is 1. The van der Waals surface area contributed by atoms with E-state index < -0.39 is 15.7 Å². The van der Waals surface area contributed by atoms with Crippen LogP contribution in [0, 0.1) is 6.92 Å². The minimum absolute atomic E-state index is 0.00838. The minimum atomic E-state index is -3.06. The first kappa shape index (κ1) is 18.4. The summed E-state index contributed by atoms with van der Waals surface area (Å²) < 4.78 is 24.8. The second-order valence-corrected chi connectivity index (χ2v) is 8.59. The van der Waals surface area contributed by atoms with Crippen molar-refractivity contribution in [1.82, 2.24) is 15.2 Å². The zero-order valence-electron chi connectivity index (χ0n) is 13.9. The number of nitrogens with one attached hydrogen (secondary N) is 1. The van der Waals surface area contributed by atoms with Gasteiger partial charge in [0, 0.05) is 0 Å². The molecule has 1 aromatic heterocycles. The fourth-order valence-corrected chi connectivity index (χ4v) is 4.82. The Hall–Kier alpha value is -2.39. The average molecular weight is 397 g/mol. The molecule has 0 aliphatic carbocycles. The SMILES string of the molecule is Cc1nn([C@@H]2CCS(=O)(=O)C2)c(Cl)c1/C=N\NC(=O)c1ccccc1O. The first-order valence-electron chi connectivity index (χ1n) is 7.85. The Kier molecular flexibility index (Phi) is 5.01. The third-order valence-corrected chi connectivity index (χ3v) is 6.26. The van der Waals surface area contributed by atoms with Crippen LogP contribution in [-0.2, 0) is 9.84 Å². The fourth-order valence-electron chi connectivity index (χ4n) is 2.77. The second-order valence-electron chi connectivity index (χ2n) is 6.01. The van der Waals surface area contributed by atoms with Gasteiger partial charge in [0.05, 0.1) is 40.6 Å². The van der Waals surface area contributed by atoms with Gasteiger partial charge >= 0.3 is 0 Å². The van der Waals surface area contributed by atoms with E-state index in [0.29, 0.717) is 17.7 Å². The van der Waals surface area contributed by atoms with E-state index in [2.05, 4.69) is 15.6 Å². The molecule has 2 N–H and O–H groups in total. The van der Waals surface area contributed by atoms with Gasteiger partial charge in [0.1, 0.15) is 10.9 Å². The van der Waals surface area contributed by atoms with Crippen LogP contribution in [0.1, 0.15) is 34.1 Å². The molecule has 2 heterocycles. The number of hydrogen-bond acceptors (Lipinski definition) is 6. The highest BCUT2D eigenvalue weighted by molar-refractivity contribution is 7.91. The summed E-state index contributed by atoms with van der Waals surface area (Å²) in [5.74, 6) is -0.589. The number of aryl methyl sites for hydroxylation is 1. The Morgan fingerprint density at radius 1 is 1.46 bits per heavy atom. The van der Waals surface area contributed by atoms with Crippen molar-refractivity contribution in [1.29, 1.82) is 0 Å². The molecule has 1 amide bonds. The largest absolute Gasteiger partial charge is 0.507 e. The summed E-state index contributed by atoms with van der Waals surface area (Å²) in [5, 5.41) is 18.1. The van der Waals surface area contributed by atoms with Crippen LogP contribution in [0.3, 0.4) is 0 Å². The molecule has 8 nitrogen and oxygen atoms in total. The highest BCUT2D eigenvalue weighted by atomic mass is 35.5. The normalized spacial score (nSPS) is 19.1. The van der Waals surface area contributed by atoms with Gasteiger partial charge in [-0.05, 0) is 25.5 Å². The summed E-state index contributed by atoms with van der Waals surface area (Å²) in [4.78, 5) is 12.0. The number of carbonyl (C=O) groups excluding carboxylic acids is 1. The summed E-state index contributed by atoms with van der Waals surface area (Å²) >= 11 is 6.32. The number of aromatic nitrogens is 2. The minimum Gasteiger partial charge on any atom is -0.507 e. The van der Waals surface area contributed by atoms with Crippen LogP contribution in [-0.4, -0.2) is 46.9 Å². The monoisotopic (exact) mass is 396 g/mol. The molecule has 1 aliphatic heterocycles. The highest BCUT2D eigenvalue weighted by Crippen LogP contribution is 2.29. The first-order chi connectivity index (χ1) is 12.3. The third-order valence-electron chi connectivity index (χ3n) is 4.13. The second kappa shape index (κ2) is 7.08. The molecule has 0 spiro atoms. The van der Waals surface area contributed by atoms with Crippen LogP contribution in [0.25, 0.3) is 0 Å². The Morgan fingerprint density at radius 2 is 2.19 bits per heavy atom. The van der Waals surface area contributed by atoms with E-state index in [1.165, 1.54) is 23.0 Å². The number of hydrogen-bond donors (Lipinski definition) is 2. The number of hydrazone groups is 1. The van der Waals surface area contributed by atoms with Crippen molar-refractivity contribution in [3.8, 4) is 5.75 Å². The topological polar surface area (TPSA) is 114 Å². The summed E-state index contributed by atoms with van der Waals surface area (Å²) in [6.45, 7) is 1.72. The van der Waals surface area contributed by atoms with Crippen LogP contribution < -0.4 is 5.43 Å². The Labute approximate surface area is 155 Å². The van der Waals surface area contributed by atoms with E-state index in [1.54, 1.807) is 19.1 Å². The predicted molar refractivity (Wildman–Crippen MR) is 97.4 cm³/mol. The van der Waals surface area contributed by atoms with Crippen molar-refractivity contribution in [2.45, 2.75) is 19.4 Å². The van der Waals surface area contributed by atoms with Gasteiger partial charge in [-0.2, -0.15) is 10.2 Å². The zero-order chi connectivity index (χ0) is 18.9. The number of para-hydroxylation sites is 1. The van der Waals surface area contributed by atoms with Crippen molar-refractivity contribution in [2.24, 2.45) is 5.10 Å². The van der Waals surface area contributed by atoms with E-state index in [1.807, 2.05) is 0 Å². The molecule has 26 heavy (non-hydrogen) atoms. The number of phenolic OH excluding ortho intramolecular Hbond substituents is 1. The fraction of sp³-hybridized carbons (Fsp3) is 0.312. The number of phenols is 1. The summed E-state index contributed by atoms with van der Waals surface area (Å²) in [5.41, 5.74) is 3.47. The predicted octanol–water partition coefficient (Wildman–Crippen LogP) is 1.67. The molecule has 0 unspecified atom stereocenters. The van der Waals surface area contributed by atoms with Gasteiger partial charge in [-0.3, -0.25) is 4.79 Å². The van der Waals surface area contributed by atoms with Crippen LogP contribution in [0.2, 0.25) is 5.15 Å². The molecule has 1 aromatic carbocycles. The van der Waals surface area contributed by atoms with Gasteiger partial charge in [-0.25, -0.2) is 18.5 Å². The Morgan fingerprint density at radius 3 is 2.85 bits per heavy atom. The molecule has 0 radical (unpaired) electrons. The lowest BCUT2D eigenvalue weighted by Gasteiger charge is -2.09. The lowest BCUT2D eigenvalue weighted by atomic mass is 10.2. The number of carbonyl (C=O) groups is 1. The van der Waals surface area contributed by atoms with Crippen molar-refractivity contribution in [3.05, 3.63) is 46.2 Å². The van der Waals surface area contributed by atoms with Crippen LogP contribution in [0.4, 0.5) is 0 Å². The maximum Gasteiger partial charge on any atom is 0.275 e. The smallest absolute Gasteiger partial charge is 0.275 e. The number of aromatic hydroxyl groups is 1. The van der Waals surface area contributed by atoms with Gasteiger partial charge in [-0.15, -0.1) is 0 Å². The van der Waals surface area contributed by atoms with E-state index in [-0.39, 0.29) is 34.0 Å². The van der Waals surface area contributed by atoms with Gasteiger partial charge in [0.15, 0.2) is 9.84 Å². The molecular weight excluding hydrogens is 380 g/mol. The number of nitrogens with zero attached hydrogens (tertiary/aromatic N) is 3. The van der Waals surface area contributed by atoms with Gasteiger partial charge in [0.2, 0.25) is 0 Å². The van der Waals surface area contributed by atoms with Gasteiger partial charge in [0.25, 0.3) is 5.91 Å². The average Bonchev–Trinajstić information content (AvgIpc) is 3.08. The van der Waals surface area contributed by atoms with Crippen molar-refractivity contribution >= 4 is 33.6 Å². The van der Waals surface area contributed by atoms with E-state index in [0.717, 1.165) is 0 Å². The summed E-state index contributed by atoms with van der Waals surface area (Å²) in [6, 6.07) is 5.80. The number of rotatable bonds is 4. The van der Waals surface area contributed by atoms with Crippen LogP contribution in [0.5, 0.6) is 5.75 Å². The van der Waals surface area contributed by atoms with Crippen molar-refractivity contribution < 1.29 is 18.3 Å². The molecule has 2 aromatic rings. The number of sulfone groups is 1. The Balaban J connectivity index is 1.75. The lowest BCUT2D eigenvalue weighted by Crippen LogP contribution is -2.17.